The van der Waals surface area contributed by atoms with Crippen LogP contribution in [0.1, 0.15) is 10.4 Å². The van der Waals surface area contributed by atoms with Gasteiger partial charge >= 0.3 is 0 Å². The molecule has 0 saturated heterocycles. The van der Waals surface area contributed by atoms with Gasteiger partial charge in [0.05, 0.1) is 20.6 Å². The molecule has 0 aliphatic heterocycles. The number of aldehydes is 1. The van der Waals surface area contributed by atoms with Crippen molar-refractivity contribution < 1.29 is 4.79 Å². The van der Waals surface area contributed by atoms with Gasteiger partial charge in [-0.25, -0.2) is 4.98 Å². The Morgan fingerprint density at radius 2 is 1.61 bits per heavy atom. The van der Waals surface area contributed by atoms with Crippen molar-refractivity contribution in [3.8, 4) is 11.1 Å². The van der Waals surface area contributed by atoms with Gasteiger partial charge in [0.25, 0.3) is 0 Å². The molecule has 0 aliphatic rings. The van der Waals surface area contributed by atoms with Crippen LogP contribution in [0.15, 0.2) is 24.4 Å². The molecule has 0 radical (unpaired) electrons. The first kappa shape index (κ1) is 13.6. The fourth-order valence-electron chi connectivity index (χ4n) is 1.44. The molecule has 0 N–H and O–H groups in total. The summed E-state index contributed by atoms with van der Waals surface area (Å²) in [6.45, 7) is 0. The maximum atomic E-state index is 10.8. The van der Waals surface area contributed by atoms with Crippen molar-refractivity contribution in [1.29, 1.82) is 0 Å². The van der Waals surface area contributed by atoms with Crippen LogP contribution >= 0.6 is 46.4 Å². The van der Waals surface area contributed by atoms with Crippen molar-refractivity contribution in [2.75, 3.05) is 0 Å². The zero-order chi connectivity index (χ0) is 13.3. The summed E-state index contributed by atoms with van der Waals surface area (Å²) in [7, 11) is 0. The van der Waals surface area contributed by atoms with E-state index in [9.17, 15) is 4.79 Å². The number of carbonyl (C=O) groups excluding carboxylic acids is 1. The van der Waals surface area contributed by atoms with Gasteiger partial charge in [-0.2, -0.15) is 0 Å². The fraction of sp³-hybridized carbons (Fsp3) is 0. The number of rotatable bonds is 2. The first-order chi connectivity index (χ1) is 8.52. The van der Waals surface area contributed by atoms with Crippen LogP contribution in [-0.2, 0) is 0 Å². The number of pyridine rings is 1. The molecule has 0 bridgehead atoms. The summed E-state index contributed by atoms with van der Waals surface area (Å²) in [5.41, 5.74) is 1.57. The molecule has 2 rings (SSSR count). The van der Waals surface area contributed by atoms with Crippen LogP contribution < -0.4 is 0 Å². The topological polar surface area (TPSA) is 30.0 Å². The van der Waals surface area contributed by atoms with Gasteiger partial charge < -0.3 is 0 Å². The van der Waals surface area contributed by atoms with Crippen LogP contribution in [0.4, 0.5) is 0 Å². The molecule has 0 amide bonds. The maximum absolute atomic E-state index is 10.8. The average molecular weight is 321 g/mol. The summed E-state index contributed by atoms with van der Waals surface area (Å²) in [6.07, 6.45) is 2.14. The zero-order valence-corrected chi connectivity index (χ0v) is 11.8. The molecule has 0 atom stereocenters. The molecular formula is C12H5Cl4NO. The van der Waals surface area contributed by atoms with Gasteiger partial charge in [0.2, 0.25) is 0 Å². The van der Waals surface area contributed by atoms with E-state index in [0.717, 1.165) is 0 Å². The standard InChI is InChI=1S/C12H5Cl4NO/c13-9-3-11(15)10(14)2-8(9)6-1-7(5-18)12(16)17-4-6/h1-5H. The van der Waals surface area contributed by atoms with Crippen LogP contribution in [0.5, 0.6) is 0 Å². The third-order valence-electron chi connectivity index (χ3n) is 2.31. The summed E-state index contributed by atoms with van der Waals surface area (Å²) >= 11 is 23.6. The summed E-state index contributed by atoms with van der Waals surface area (Å²) in [5.74, 6) is 0. The lowest BCUT2D eigenvalue weighted by atomic mass is 10.1. The molecular weight excluding hydrogens is 316 g/mol. The lowest BCUT2D eigenvalue weighted by Gasteiger charge is -2.07. The highest BCUT2D eigenvalue weighted by Gasteiger charge is 2.10. The van der Waals surface area contributed by atoms with Crippen LogP contribution in [0.25, 0.3) is 11.1 Å². The molecule has 0 fully saturated rings. The van der Waals surface area contributed by atoms with E-state index in [2.05, 4.69) is 4.98 Å². The van der Waals surface area contributed by atoms with Crippen molar-refractivity contribution in [2.45, 2.75) is 0 Å². The van der Waals surface area contributed by atoms with Gasteiger partial charge in [0.1, 0.15) is 5.15 Å². The highest BCUT2D eigenvalue weighted by Crippen LogP contribution is 2.35. The molecule has 92 valence electrons. The Morgan fingerprint density at radius 3 is 2.28 bits per heavy atom. The minimum absolute atomic E-state index is 0.143. The third kappa shape index (κ3) is 2.62. The number of aromatic nitrogens is 1. The lowest BCUT2D eigenvalue weighted by molar-refractivity contribution is 0.112. The second kappa shape index (κ2) is 5.45. The Kier molecular flexibility index (Phi) is 4.13. The fourth-order valence-corrected chi connectivity index (χ4v) is 2.24. The number of nitrogens with zero attached hydrogens (tertiary/aromatic N) is 1. The Bertz CT molecular complexity index is 628. The predicted molar refractivity (Wildman–Crippen MR) is 75.1 cm³/mol. The quantitative estimate of drug-likeness (QED) is 0.434. The second-order valence-corrected chi connectivity index (χ2v) is 5.05. The number of halogens is 4. The molecule has 0 saturated carbocycles. The SMILES string of the molecule is O=Cc1cc(-c2cc(Cl)c(Cl)cc2Cl)cnc1Cl. The van der Waals surface area contributed by atoms with E-state index in [1.807, 2.05) is 0 Å². The predicted octanol–water partition coefficient (Wildman–Crippen LogP) is 5.17. The van der Waals surface area contributed by atoms with Crippen molar-refractivity contribution in [2.24, 2.45) is 0 Å². The largest absolute Gasteiger partial charge is 0.298 e. The number of benzene rings is 1. The maximum Gasteiger partial charge on any atom is 0.153 e. The van der Waals surface area contributed by atoms with Crippen LogP contribution in [0, 0.1) is 0 Å². The molecule has 0 aliphatic carbocycles. The van der Waals surface area contributed by atoms with E-state index in [1.54, 1.807) is 12.1 Å². The second-order valence-electron chi connectivity index (χ2n) is 3.47. The van der Waals surface area contributed by atoms with Crippen LogP contribution in [-0.4, -0.2) is 11.3 Å². The average Bonchev–Trinajstić information content (AvgIpc) is 2.35. The van der Waals surface area contributed by atoms with Crippen LogP contribution in [0.2, 0.25) is 20.2 Å². The molecule has 0 spiro atoms. The minimum atomic E-state index is 0.143. The molecule has 0 unspecified atom stereocenters. The van der Waals surface area contributed by atoms with Gasteiger partial charge in [0, 0.05) is 17.3 Å². The van der Waals surface area contributed by atoms with E-state index in [4.69, 9.17) is 46.4 Å². The van der Waals surface area contributed by atoms with Crippen LogP contribution in [0.3, 0.4) is 0 Å². The summed E-state index contributed by atoms with van der Waals surface area (Å²) in [4.78, 5) is 14.7. The molecule has 1 aromatic carbocycles. The molecule has 18 heavy (non-hydrogen) atoms. The zero-order valence-electron chi connectivity index (χ0n) is 8.75. The number of hydrogen-bond donors (Lipinski definition) is 0. The Morgan fingerprint density at radius 1 is 0.944 bits per heavy atom. The molecule has 2 nitrogen and oxygen atoms in total. The molecule has 1 aromatic heterocycles. The summed E-state index contributed by atoms with van der Waals surface area (Å²) in [5, 5.41) is 1.30. The molecule has 6 heteroatoms. The first-order valence-corrected chi connectivity index (χ1v) is 6.29. The van der Waals surface area contributed by atoms with Crippen molar-refractivity contribution in [1.82, 2.24) is 4.98 Å². The van der Waals surface area contributed by atoms with Crippen molar-refractivity contribution >= 4 is 52.7 Å². The highest BCUT2D eigenvalue weighted by atomic mass is 35.5. The molecule has 2 aromatic rings. The van der Waals surface area contributed by atoms with Gasteiger partial charge in [0.15, 0.2) is 6.29 Å². The van der Waals surface area contributed by atoms with Crippen molar-refractivity contribution in [3.63, 3.8) is 0 Å². The number of carbonyl (C=O) groups is 1. The van der Waals surface area contributed by atoms with E-state index in [1.165, 1.54) is 12.3 Å². The monoisotopic (exact) mass is 319 g/mol. The van der Waals surface area contributed by atoms with E-state index in [-0.39, 0.29) is 10.7 Å². The van der Waals surface area contributed by atoms with Gasteiger partial charge in [-0.05, 0) is 18.2 Å². The molecule has 1 heterocycles. The summed E-state index contributed by atoms with van der Waals surface area (Å²) < 4.78 is 0. The Balaban J connectivity index is 2.62. The van der Waals surface area contributed by atoms with E-state index < -0.39 is 0 Å². The van der Waals surface area contributed by atoms with E-state index >= 15 is 0 Å². The summed E-state index contributed by atoms with van der Waals surface area (Å²) in [6, 6.07) is 4.75. The normalized spacial score (nSPS) is 10.4. The Labute approximate surface area is 123 Å². The van der Waals surface area contributed by atoms with Gasteiger partial charge in [-0.1, -0.05) is 46.4 Å². The Hall–Kier alpha value is -0.800. The smallest absolute Gasteiger partial charge is 0.153 e. The lowest BCUT2D eigenvalue weighted by Crippen LogP contribution is -1.89. The van der Waals surface area contributed by atoms with Gasteiger partial charge in [-0.3, -0.25) is 4.79 Å². The van der Waals surface area contributed by atoms with Gasteiger partial charge in [-0.15, -0.1) is 0 Å². The highest BCUT2D eigenvalue weighted by molar-refractivity contribution is 6.44. The number of hydrogen-bond acceptors (Lipinski definition) is 2. The third-order valence-corrected chi connectivity index (χ3v) is 3.66. The van der Waals surface area contributed by atoms with E-state index in [0.29, 0.717) is 32.5 Å². The minimum Gasteiger partial charge on any atom is -0.298 e. The first-order valence-electron chi connectivity index (χ1n) is 4.78. The van der Waals surface area contributed by atoms with Crippen molar-refractivity contribution in [3.05, 3.63) is 50.2 Å².